The first-order chi connectivity index (χ1) is 14.2. The Labute approximate surface area is 179 Å². The van der Waals surface area contributed by atoms with Gasteiger partial charge in [-0.3, -0.25) is 10.0 Å². The number of hydroxylamine groups is 1. The van der Waals surface area contributed by atoms with Crippen molar-refractivity contribution >= 4 is 38.6 Å². The fraction of sp³-hybridized carbons (Fsp3) is 0.286. The van der Waals surface area contributed by atoms with Crippen LogP contribution in [0.25, 0.3) is 22.0 Å². The number of aromatic nitrogens is 1. The monoisotopic (exact) mass is 445 g/mol. The van der Waals surface area contributed by atoms with Crippen molar-refractivity contribution in [2.75, 3.05) is 12.3 Å². The molecule has 4 rings (SSSR count). The van der Waals surface area contributed by atoms with E-state index in [4.69, 9.17) is 5.21 Å². The van der Waals surface area contributed by atoms with Gasteiger partial charge in [0.2, 0.25) is 10.0 Å². The molecule has 30 heavy (non-hydrogen) atoms. The fourth-order valence-electron chi connectivity index (χ4n) is 3.91. The molecule has 0 radical (unpaired) electrons. The fourth-order valence-corrected chi connectivity index (χ4v) is 7.02. The third kappa shape index (κ3) is 3.62. The van der Waals surface area contributed by atoms with Crippen LogP contribution in [0.3, 0.4) is 0 Å². The second kappa shape index (κ2) is 7.73. The van der Waals surface area contributed by atoms with Crippen LogP contribution >= 0.6 is 11.8 Å². The molecule has 7 nitrogen and oxygen atoms in total. The topological polar surface area (TPSA) is 103 Å². The highest BCUT2D eigenvalue weighted by Gasteiger charge is 2.48. The second-order valence-corrected chi connectivity index (χ2v) is 11.4. The lowest BCUT2D eigenvalue weighted by Crippen LogP contribution is -2.61. The van der Waals surface area contributed by atoms with Gasteiger partial charge in [-0.05, 0) is 60.7 Å². The summed E-state index contributed by atoms with van der Waals surface area (Å²) in [4.78, 5) is 15.6. The average molecular weight is 446 g/mol. The Kier molecular flexibility index (Phi) is 5.39. The normalized spacial score (nSPS) is 19.6. The molecule has 9 heteroatoms. The van der Waals surface area contributed by atoms with E-state index in [0.717, 1.165) is 22.0 Å². The van der Waals surface area contributed by atoms with Crippen LogP contribution in [-0.2, 0) is 14.8 Å². The van der Waals surface area contributed by atoms with Crippen LogP contribution < -0.4 is 5.48 Å². The number of sulfonamides is 1. The maximum atomic E-state index is 13.3. The van der Waals surface area contributed by atoms with Crippen molar-refractivity contribution in [1.82, 2.24) is 14.8 Å². The van der Waals surface area contributed by atoms with Crippen molar-refractivity contribution in [3.63, 3.8) is 0 Å². The van der Waals surface area contributed by atoms with Crippen LogP contribution in [0.2, 0.25) is 0 Å². The predicted octanol–water partition coefficient (Wildman–Crippen LogP) is 3.23. The molecule has 158 valence electrons. The number of amides is 1. The average Bonchev–Trinajstić information content (AvgIpc) is 3.20. The summed E-state index contributed by atoms with van der Waals surface area (Å²) in [5.74, 6) is -0.164. The van der Waals surface area contributed by atoms with Gasteiger partial charge in [0.1, 0.15) is 6.04 Å². The van der Waals surface area contributed by atoms with E-state index >= 15 is 0 Å². The van der Waals surface area contributed by atoms with Crippen molar-refractivity contribution in [2.45, 2.75) is 29.5 Å². The third-order valence-electron chi connectivity index (χ3n) is 5.44. The number of H-pyrrole nitrogens is 1. The maximum absolute atomic E-state index is 13.3. The zero-order valence-corrected chi connectivity index (χ0v) is 18.3. The van der Waals surface area contributed by atoms with E-state index in [1.54, 1.807) is 43.6 Å². The molecule has 1 aliphatic heterocycles. The van der Waals surface area contributed by atoms with E-state index < -0.39 is 26.7 Å². The molecule has 1 saturated heterocycles. The predicted molar refractivity (Wildman–Crippen MR) is 118 cm³/mol. The van der Waals surface area contributed by atoms with Gasteiger partial charge in [-0.15, -0.1) is 0 Å². The molecule has 1 amide bonds. The van der Waals surface area contributed by atoms with Gasteiger partial charge in [-0.2, -0.15) is 16.1 Å². The third-order valence-corrected chi connectivity index (χ3v) is 8.67. The summed E-state index contributed by atoms with van der Waals surface area (Å²) < 4.78 is 27.2. The number of carbonyl (C=O) groups is 1. The SMILES string of the molecule is CC1(C)SCCN(S(=O)(=O)c2ccc(-c3ccc4[nH]ccc4c3)cc2)[C@H]1C(=O)NO. The van der Waals surface area contributed by atoms with Crippen LogP contribution in [0.15, 0.2) is 59.6 Å². The molecule has 0 spiro atoms. The molecular formula is C21H23N3O4S2. The van der Waals surface area contributed by atoms with Crippen LogP contribution in [0.1, 0.15) is 13.8 Å². The van der Waals surface area contributed by atoms with Gasteiger partial charge in [0.15, 0.2) is 0 Å². The number of hydrogen-bond donors (Lipinski definition) is 3. The van der Waals surface area contributed by atoms with Crippen molar-refractivity contribution in [1.29, 1.82) is 0 Å². The Bertz CT molecular complexity index is 1190. The largest absolute Gasteiger partial charge is 0.361 e. The van der Waals surface area contributed by atoms with E-state index in [9.17, 15) is 13.2 Å². The Balaban J connectivity index is 1.67. The van der Waals surface area contributed by atoms with E-state index in [-0.39, 0.29) is 11.4 Å². The number of rotatable bonds is 4. The van der Waals surface area contributed by atoms with Crippen LogP contribution in [0.4, 0.5) is 0 Å². The number of nitrogens with one attached hydrogen (secondary N) is 2. The minimum absolute atomic E-state index is 0.118. The molecule has 2 aromatic carbocycles. The number of fused-ring (bicyclic) bond motifs is 1. The van der Waals surface area contributed by atoms with Crippen LogP contribution in [0, 0.1) is 0 Å². The second-order valence-electron chi connectivity index (χ2n) is 7.75. The summed E-state index contributed by atoms with van der Waals surface area (Å²) in [7, 11) is -3.92. The number of thioether (sulfide) groups is 1. The summed E-state index contributed by atoms with van der Waals surface area (Å²) >= 11 is 1.51. The Hall–Kier alpha value is -2.33. The molecule has 0 saturated carbocycles. The molecule has 2 heterocycles. The smallest absolute Gasteiger partial charge is 0.263 e. The van der Waals surface area contributed by atoms with Crippen LogP contribution in [0.5, 0.6) is 0 Å². The van der Waals surface area contributed by atoms with E-state index in [1.165, 1.54) is 16.1 Å². The summed E-state index contributed by atoms with van der Waals surface area (Å²) in [6.07, 6.45) is 1.88. The van der Waals surface area contributed by atoms with Crippen molar-refractivity contribution in [3.8, 4) is 11.1 Å². The molecule has 1 aromatic heterocycles. The summed E-state index contributed by atoms with van der Waals surface area (Å²) in [6.45, 7) is 3.80. The van der Waals surface area contributed by atoms with Gasteiger partial charge in [0.25, 0.3) is 5.91 Å². The number of carbonyl (C=O) groups excluding carboxylic acids is 1. The number of aromatic amines is 1. The standard InChI is InChI=1S/C21H23N3O4S2/c1-21(2)19(20(25)23-26)24(11-12-29-21)30(27,28)17-6-3-14(4-7-17)15-5-8-18-16(13-15)9-10-22-18/h3-10,13,19,22,26H,11-12H2,1-2H3,(H,23,25)/t19-/m0/s1. The highest BCUT2D eigenvalue weighted by Crippen LogP contribution is 2.38. The Morgan fingerprint density at radius 1 is 1.17 bits per heavy atom. The molecule has 1 aliphatic rings. The first-order valence-electron chi connectivity index (χ1n) is 9.51. The maximum Gasteiger partial charge on any atom is 0.263 e. The van der Waals surface area contributed by atoms with Gasteiger partial charge < -0.3 is 4.98 Å². The van der Waals surface area contributed by atoms with Crippen molar-refractivity contribution in [2.24, 2.45) is 0 Å². The molecule has 0 aliphatic carbocycles. The Morgan fingerprint density at radius 2 is 1.87 bits per heavy atom. The van der Waals surface area contributed by atoms with E-state index in [2.05, 4.69) is 4.98 Å². The molecule has 3 aromatic rings. The molecule has 0 bridgehead atoms. The van der Waals surface area contributed by atoms with Crippen LogP contribution in [-0.4, -0.2) is 51.9 Å². The van der Waals surface area contributed by atoms with Gasteiger partial charge in [0, 0.05) is 28.8 Å². The lowest BCUT2D eigenvalue weighted by atomic mass is 10.0. The highest BCUT2D eigenvalue weighted by atomic mass is 32.2. The zero-order valence-electron chi connectivity index (χ0n) is 16.6. The summed E-state index contributed by atoms with van der Waals surface area (Å²) in [5, 5.41) is 10.2. The first kappa shape index (κ1) is 20.9. The van der Waals surface area contributed by atoms with Gasteiger partial charge in [-0.1, -0.05) is 18.2 Å². The van der Waals surface area contributed by atoms with Gasteiger partial charge in [-0.25, -0.2) is 13.9 Å². The molecule has 1 atom stereocenters. The van der Waals surface area contributed by atoms with E-state index in [0.29, 0.717) is 5.75 Å². The minimum atomic E-state index is -3.92. The number of nitrogens with zero attached hydrogens (tertiary/aromatic N) is 1. The quantitative estimate of drug-likeness (QED) is 0.423. The molecule has 1 fully saturated rings. The van der Waals surface area contributed by atoms with E-state index in [1.807, 2.05) is 30.5 Å². The lowest BCUT2D eigenvalue weighted by Gasteiger charge is -2.43. The molecular weight excluding hydrogens is 422 g/mol. The van der Waals surface area contributed by atoms with Crippen molar-refractivity contribution in [3.05, 3.63) is 54.7 Å². The Morgan fingerprint density at radius 3 is 2.57 bits per heavy atom. The number of benzene rings is 2. The molecule has 0 unspecified atom stereocenters. The summed E-state index contributed by atoms with van der Waals surface area (Å²) in [5.41, 5.74) is 4.55. The lowest BCUT2D eigenvalue weighted by molar-refractivity contribution is -0.134. The zero-order chi connectivity index (χ0) is 21.5. The molecule has 3 N–H and O–H groups in total. The highest BCUT2D eigenvalue weighted by molar-refractivity contribution is 8.00. The summed E-state index contributed by atoms with van der Waals surface area (Å²) in [6, 6.07) is 13.7. The van der Waals surface area contributed by atoms with Crippen molar-refractivity contribution < 1.29 is 18.4 Å². The van der Waals surface area contributed by atoms with Gasteiger partial charge >= 0.3 is 0 Å². The first-order valence-corrected chi connectivity index (χ1v) is 11.9. The number of hydrogen-bond acceptors (Lipinski definition) is 5. The minimum Gasteiger partial charge on any atom is -0.361 e. The van der Waals surface area contributed by atoms with Gasteiger partial charge in [0.05, 0.1) is 4.90 Å².